The van der Waals surface area contributed by atoms with Gasteiger partial charge in [0.2, 0.25) is 0 Å². The minimum Gasteiger partial charge on any atom is -0.478 e. The summed E-state index contributed by atoms with van der Waals surface area (Å²) in [4.78, 5) is 13.5. The molecule has 1 aromatic rings. The van der Waals surface area contributed by atoms with E-state index in [-0.39, 0.29) is 5.56 Å². The first-order chi connectivity index (χ1) is 9.59. The van der Waals surface area contributed by atoms with Gasteiger partial charge in [-0.05, 0) is 45.0 Å². The van der Waals surface area contributed by atoms with Crippen LogP contribution in [-0.4, -0.2) is 41.7 Å². The van der Waals surface area contributed by atoms with Crippen molar-refractivity contribution in [1.29, 1.82) is 0 Å². The molecule has 0 aliphatic carbocycles. The number of hydrogen-bond acceptors (Lipinski definition) is 4. The van der Waals surface area contributed by atoms with E-state index >= 15 is 0 Å². The van der Waals surface area contributed by atoms with Gasteiger partial charge < -0.3 is 16.2 Å². The number of hydrogen-bond donors (Lipinski definition) is 3. The molecule has 1 unspecified atom stereocenters. The second-order valence-electron chi connectivity index (χ2n) is 5.40. The fraction of sp³-hybridized carbons (Fsp3) is 0.533. The number of nitrogens with one attached hydrogen (secondary N) is 1. The maximum Gasteiger partial charge on any atom is 0.337 e. The Morgan fingerprint density at radius 2 is 2.10 bits per heavy atom. The third kappa shape index (κ3) is 3.42. The van der Waals surface area contributed by atoms with Crippen LogP contribution in [0.15, 0.2) is 18.2 Å². The number of anilines is 2. The van der Waals surface area contributed by atoms with Crippen LogP contribution in [0.25, 0.3) is 0 Å². The van der Waals surface area contributed by atoms with Gasteiger partial charge in [0.05, 0.1) is 16.9 Å². The summed E-state index contributed by atoms with van der Waals surface area (Å²) >= 11 is 0. The monoisotopic (exact) mass is 277 g/mol. The first-order valence-corrected chi connectivity index (χ1v) is 7.19. The highest BCUT2D eigenvalue weighted by molar-refractivity contribution is 5.97. The number of likely N-dealkylation sites (tertiary alicyclic amines) is 1. The van der Waals surface area contributed by atoms with E-state index in [1.165, 1.54) is 25.3 Å². The standard InChI is InChI=1S/C15H23N3O2/c1-11(18-8-3-2-4-9-18)10-17-13-7-5-6-12(14(13)16)15(19)20/h5-7,11,17H,2-4,8-10,16H2,1H3,(H,19,20). The molecule has 0 aromatic heterocycles. The van der Waals surface area contributed by atoms with Crippen LogP contribution in [0, 0.1) is 0 Å². The summed E-state index contributed by atoms with van der Waals surface area (Å²) in [6.07, 6.45) is 3.85. The van der Waals surface area contributed by atoms with Gasteiger partial charge in [-0.1, -0.05) is 12.5 Å². The molecule has 1 aromatic carbocycles. The van der Waals surface area contributed by atoms with Crippen molar-refractivity contribution in [2.45, 2.75) is 32.2 Å². The van der Waals surface area contributed by atoms with Crippen LogP contribution >= 0.6 is 0 Å². The number of benzene rings is 1. The van der Waals surface area contributed by atoms with E-state index in [9.17, 15) is 4.79 Å². The van der Waals surface area contributed by atoms with Gasteiger partial charge in [-0.3, -0.25) is 4.90 Å². The zero-order valence-corrected chi connectivity index (χ0v) is 11.9. The highest BCUT2D eigenvalue weighted by Crippen LogP contribution is 2.23. The number of carbonyl (C=O) groups is 1. The van der Waals surface area contributed by atoms with Gasteiger partial charge >= 0.3 is 5.97 Å². The van der Waals surface area contributed by atoms with Crippen molar-refractivity contribution < 1.29 is 9.90 Å². The predicted octanol–water partition coefficient (Wildman–Crippen LogP) is 2.25. The fourth-order valence-corrected chi connectivity index (χ4v) is 2.65. The van der Waals surface area contributed by atoms with E-state index in [2.05, 4.69) is 17.1 Å². The van der Waals surface area contributed by atoms with E-state index in [1.54, 1.807) is 6.07 Å². The van der Waals surface area contributed by atoms with Gasteiger partial charge in [0, 0.05) is 12.6 Å². The summed E-state index contributed by atoms with van der Waals surface area (Å²) in [5.74, 6) is -0.991. The smallest absolute Gasteiger partial charge is 0.337 e. The van der Waals surface area contributed by atoms with E-state index in [4.69, 9.17) is 10.8 Å². The van der Waals surface area contributed by atoms with Crippen LogP contribution in [0.1, 0.15) is 36.5 Å². The molecular formula is C15H23N3O2. The summed E-state index contributed by atoms with van der Waals surface area (Å²) < 4.78 is 0. The minimum atomic E-state index is -0.991. The van der Waals surface area contributed by atoms with Crippen molar-refractivity contribution in [3.05, 3.63) is 23.8 Å². The number of nitrogens with zero attached hydrogens (tertiary/aromatic N) is 1. The molecular weight excluding hydrogens is 254 g/mol. The van der Waals surface area contributed by atoms with Crippen molar-refractivity contribution in [2.75, 3.05) is 30.7 Å². The molecule has 110 valence electrons. The van der Waals surface area contributed by atoms with Crippen LogP contribution in [0.3, 0.4) is 0 Å². The van der Waals surface area contributed by atoms with Gasteiger partial charge in [0.25, 0.3) is 0 Å². The second-order valence-corrected chi connectivity index (χ2v) is 5.40. The maximum atomic E-state index is 11.0. The predicted molar refractivity (Wildman–Crippen MR) is 81.2 cm³/mol. The lowest BCUT2D eigenvalue weighted by Gasteiger charge is -2.32. The molecule has 0 bridgehead atoms. The van der Waals surface area contributed by atoms with Crippen molar-refractivity contribution >= 4 is 17.3 Å². The molecule has 0 amide bonds. The first kappa shape index (κ1) is 14.7. The normalized spacial score (nSPS) is 17.6. The van der Waals surface area contributed by atoms with E-state index in [1.807, 2.05) is 6.07 Å². The fourth-order valence-electron chi connectivity index (χ4n) is 2.65. The number of para-hydroxylation sites is 1. The maximum absolute atomic E-state index is 11.0. The lowest BCUT2D eigenvalue weighted by Crippen LogP contribution is -2.41. The topological polar surface area (TPSA) is 78.6 Å². The van der Waals surface area contributed by atoms with Gasteiger partial charge in [-0.2, -0.15) is 0 Å². The Morgan fingerprint density at radius 3 is 2.75 bits per heavy atom. The van der Waals surface area contributed by atoms with Gasteiger partial charge in [-0.25, -0.2) is 4.79 Å². The van der Waals surface area contributed by atoms with Crippen molar-refractivity contribution in [1.82, 2.24) is 4.90 Å². The third-order valence-electron chi connectivity index (χ3n) is 3.94. The highest BCUT2D eigenvalue weighted by Gasteiger charge is 2.17. The number of nitrogens with two attached hydrogens (primary N) is 1. The average Bonchev–Trinajstić information content (AvgIpc) is 2.46. The van der Waals surface area contributed by atoms with Gasteiger partial charge in [0.1, 0.15) is 0 Å². The summed E-state index contributed by atoms with van der Waals surface area (Å²) in [6.45, 7) is 5.25. The molecule has 20 heavy (non-hydrogen) atoms. The lowest BCUT2D eigenvalue weighted by molar-refractivity contribution is 0.0698. The Kier molecular flexibility index (Phi) is 4.84. The van der Waals surface area contributed by atoms with E-state index in [0.29, 0.717) is 17.4 Å². The Balaban J connectivity index is 1.96. The van der Waals surface area contributed by atoms with Crippen LogP contribution in [-0.2, 0) is 0 Å². The number of piperidine rings is 1. The third-order valence-corrected chi connectivity index (χ3v) is 3.94. The molecule has 1 atom stereocenters. The minimum absolute atomic E-state index is 0.153. The molecule has 1 aliphatic rings. The van der Waals surface area contributed by atoms with Crippen molar-refractivity contribution in [2.24, 2.45) is 0 Å². The van der Waals surface area contributed by atoms with Crippen LogP contribution in [0.5, 0.6) is 0 Å². The Hall–Kier alpha value is -1.75. The molecule has 0 radical (unpaired) electrons. The van der Waals surface area contributed by atoms with Crippen LogP contribution in [0.2, 0.25) is 0 Å². The molecule has 1 fully saturated rings. The number of aromatic carboxylic acids is 1. The summed E-state index contributed by atoms with van der Waals surface area (Å²) in [5, 5.41) is 12.3. The second kappa shape index (κ2) is 6.61. The molecule has 5 heteroatoms. The molecule has 1 saturated heterocycles. The Morgan fingerprint density at radius 1 is 1.40 bits per heavy atom. The van der Waals surface area contributed by atoms with Crippen molar-refractivity contribution in [3.8, 4) is 0 Å². The summed E-state index contributed by atoms with van der Waals surface area (Å²) in [6, 6.07) is 5.48. The molecule has 4 N–H and O–H groups in total. The first-order valence-electron chi connectivity index (χ1n) is 7.19. The van der Waals surface area contributed by atoms with E-state index < -0.39 is 5.97 Å². The Labute approximate surface area is 119 Å². The quantitative estimate of drug-likeness (QED) is 0.719. The van der Waals surface area contributed by atoms with Gasteiger partial charge in [-0.15, -0.1) is 0 Å². The molecule has 0 saturated carbocycles. The zero-order chi connectivity index (χ0) is 14.5. The number of nitrogen functional groups attached to an aromatic ring is 1. The van der Waals surface area contributed by atoms with Gasteiger partial charge in [0.15, 0.2) is 0 Å². The molecule has 2 rings (SSSR count). The number of carboxylic acid groups (broad SMARTS) is 1. The largest absolute Gasteiger partial charge is 0.478 e. The zero-order valence-electron chi connectivity index (χ0n) is 11.9. The molecule has 5 nitrogen and oxygen atoms in total. The SMILES string of the molecule is CC(CNc1cccc(C(=O)O)c1N)N1CCCCC1. The summed E-state index contributed by atoms with van der Waals surface area (Å²) in [7, 11) is 0. The Bertz CT molecular complexity index is 470. The van der Waals surface area contributed by atoms with Crippen LogP contribution < -0.4 is 11.1 Å². The highest BCUT2D eigenvalue weighted by atomic mass is 16.4. The molecule has 0 spiro atoms. The number of carboxylic acids is 1. The summed E-state index contributed by atoms with van der Waals surface area (Å²) in [5.41, 5.74) is 7.06. The molecule has 1 heterocycles. The van der Waals surface area contributed by atoms with E-state index in [0.717, 1.165) is 19.6 Å². The molecule has 1 aliphatic heterocycles. The van der Waals surface area contributed by atoms with Crippen LogP contribution in [0.4, 0.5) is 11.4 Å². The average molecular weight is 277 g/mol. The lowest BCUT2D eigenvalue weighted by atomic mass is 10.1. The number of rotatable bonds is 5. The van der Waals surface area contributed by atoms with Crippen molar-refractivity contribution in [3.63, 3.8) is 0 Å².